The lowest BCUT2D eigenvalue weighted by Gasteiger charge is -2.10. The largest absolute Gasteiger partial charge is 0.416 e. The first-order chi connectivity index (χ1) is 11.0. The van der Waals surface area contributed by atoms with Gasteiger partial charge in [-0.25, -0.2) is 0 Å². The number of rotatable bonds is 7. The van der Waals surface area contributed by atoms with Crippen molar-refractivity contribution in [3.8, 4) is 0 Å². The van der Waals surface area contributed by atoms with Crippen molar-refractivity contribution in [1.29, 1.82) is 0 Å². The summed E-state index contributed by atoms with van der Waals surface area (Å²) in [6, 6.07) is 9.79. The number of nitrogens with one attached hydrogen (secondary N) is 1. The highest BCUT2D eigenvalue weighted by Gasteiger charge is 2.11. The molecule has 0 saturated carbocycles. The Morgan fingerprint density at radius 3 is 2.65 bits per heavy atom. The first-order valence-electron chi connectivity index (χ1n) is 7.00. The average molecular weight is 334 g/mol. The number of thioether (sulfide) groups is 1. The molecule has 23 heavy (non-hydrogen) atoms. The molecule has 1 heterocycles. The van der Waals surface area contributed by atoms with E-state index in [1.807, 2.05) is 30.3 Å². The van der Waals surface area contributed by atoms with Gasteiger partial charge in [-0.3, -0.25) is 9.59 Å². The standard InChI is InChI=1S/C15H18N4O3S/c1-19(2)14(21)9-16-12(20)10-23-15-18-17-13(22-15)8-11-6-4-3-5-7-11/h3-7H,8-10H2,1-2H3,(H,16,20). The fourth-order valence-electron chi connectivity index (χ4n) is 1.65. The maximum atomic E-state index is 11.6. The van der Waals surface area contributed by atoms with E-state index in [4.69, 9.17) is 4.42 Å². The summed E-state index contributed by atoms with van der Waals surface area (Å²) >= 11 is 1.14. The minimum Gasteiger partial charge on any atom is -0.416 e. The molecule has 0 atom stereocenters. The Morgan fingerprint density at radius 2 is 1.96 bits per heavy atom. The summed E-state index contributed by atoms with van der Waals surface area (Å²) in [5.74, 6) is 0.203. The number of aromatic nitrogens is 2. The third kappa shape index (κ3) is 5.74. The SMILES string of the molecule is CN(C)C(=O)CNC(=O)CSc1nnc(Cc2ccccc2)o1. The van der Waals surface area contributed by atoms with Gasteiger partial charge in [0, 0.05) is 14.1 Å². The lowest BCUT2D eigenvalue weighted by Crippen LogP contribution is -2.36. The predicted octanol–water partition coefficient (Wildman–Crippen LogP) is 0.957. The van der Waals surface area contributed by atoms with E-state index in [9.17, 15) is 9.59 Å². The summed E-state index contributed by atoms with van der Waals surface area (Å²) in [4.78, 5) is 24.4. The predicted molar refractivity (Wildman–Crippen MR) is 86.0 cm³/mol. The van der Waals surface area contributed by atoms with Crippen molar-refractivity contribution in [1.82, 2.24) is 20.4 Å². The van der Waals surface area contributed by atoms with Gasteiger partial charge >= 0.3 is 0 Å². The van der Waals surface area contributed by atoms with Gasteiger partial charge in [0.05, 0.1) is 18.7 Å². The van der Waals surface area contributed by atoms with Gasteiger partial charge in [0.2, 0.25) is 17.7 Å². The lowest BCUT2D eigenvalue weighted by molar-refractivity contribution is -0.130. The molecule has 0 unspecified atom stereocenters. The Kier molecular flexibility index (Phi) is 6.16. The number of carbonyl (C=O) groups excluding carboxylic acids is 2. The smallest absolute Gasteiger partial charge is 0.277 e. The fourth-order valence-corrected chi connectivity index (χ4v) is 2.26. The van der Waals surface area contributed by atoms with Crippen LogP contribution in [0.1, 0.15) is 11.5 Å². The maximum absolute atomic E-state index is 11.6. The highest BCUT2D eigenvalue weighted by Crippen LogP contribution is 2.17. The zero-order valence-corrected chi connectivity index (χ0v) is 13.8. The molecule has 0 saturated heterocycles. The van der Waals surface area contributed by atoms with E-state index >= 15 is 0 Å². The van der Waals surface area contributed by atoms with Gasteiger partial charge in [0.15, 0.2) is 0 Å². The highest BCUT2D eigenvalue weighted by atomic mass is 32.2. The molecule has 2 rings (SSSR count). The van der Waals surface area contributed by atoms with Gasteiger partial charge < -0.3 is 14.6 Å². The van der Waals surface area contributed by atoms with Crippen molar-refractivity contribution in [3.63, 3.8) is 0 Å². The molecule has 0 aliphatic heterocycles. The molecule has 0 aliphatic carbocycles. The van der Waals surface area contributed by atoms with Crippen molar-refractivity contribution in [3.05, 3.63) is 41.8 Å². The van der Waals surface area contributed by atoms with E-state index in [1.165, 1.54) is 4.90 Å². The van der Waals surface area contributed by atoms with Gasteiger partial charge in [0.25, 0.3) is 5.22 Å². The number of hydrogen-bond donors (Lipinski definition) is 1. The minimum atomic E-state index is -0.256. The molecule has 1 N–H and O–H groups in total. The van der Waals surface area contributed by atoms with Crippen LogP contribution >= 0.6 is 11.8 Å². The minimum absolute atomic E-state index is 0.0184. The normalized spacial score (nSPS) is 10.3. The van der Waals surface area contributed by atoms with E-state index in [0.29, 0.717) is 17.5 Å². The van der Waals surface area contributed by atoms with Crippen molar-refractivity contribution in [2.75, 3.05) is 26.4 Å². The van der Waals surface area contributed by atoms with Crippen molar-refractivity contribution < 1.29 is 14.0 Å². The molecular weight excluding hydrogens is 316 g/mol. The molecule has 0 spiro atoms. The number of hydrogen-bond acceptors (Lipinski definition) is 6. The monoisotopic (exact) mass is 334 g/mol. The topological polar surface area (TPSA) is 88.3 Å². The molecule has 122 valence electrons. The van der Waals surface area contributed by atoms with Gasteiger partial charge in [-0.05, 0) is 5.56 Å². The molecule has 2 amide bonds. The summed E-state index contributed by atoms with van der Waals surface area (Å²) < 4.78 is 5.49. The van der Waals surface area contributed by atoms with Crippen LogP contribution in [0.3, 0.4) is 0 Å². The van der Waals surface area contributed by atoms with Crippen LogP contribution < -0.4 is 5.32 Å². The van der Waals surface area contributed by atoms with Crippen molar-refractivity contribution >= 4 is 23.6 Å². The van der Waals surface area contributed by atoms with Gasteiger partial charge in [-0.2, -0.15) is 0 Å². The van der Waals surface area contributed by atoms with Crippen LogP contribution in [0.25, 0.3) is 0 Å². The Hall–Kier alpha value is -2.35. The molecule has 0 bridgehead atoms. The number of benzene rings is 1. The quantitative estimate of drug-likeness (QED) is 0.759. The van der Waals surface area contributed by atoms with E-state index in [1.54, 1.807) is 14.1 Å². The van der Waals surface area contributed by atoms with Crippen LogP contribution in [0.5, 0.6) is 0 Å². The van der Waals surface area contributed by atoms with Crippen molar-refractivity contribution in [2.24, 2.45) is 0 Å². The Labute approximate surface area is 138 Å². The van der Waals surface area contributed by atoms with Gasteiger partial charge in [0.1, 0.15) is 0 Å². The molecular formula is C15H18N4O3S. The zero-order valence-electron chi connectivity index (χ0n) is 13.0. The summed E-state index contributed by atoms with van der Waals surface area (Å²) in [6.45, 7) is -0.0184. The van der Waals surface area contributed by atoms with Crippen LogP contribution in [-0.2, 0) is 16.0 Å². The van der Waals surface area contributed by atoms with E-state index in [2.05, 4.69) is 15.5 Å². The van der Waals surface area contributed by atoms with Gasteiger partial charge in [-0.1, -0.05) is 42.1 Å². The molecule has 0 radical (unpaired) electrons. The summed E-state index contributed by atoms with van der Waals surface area (Å²) in [5.41, 5.74) is 1.08. The van der Waals surface area contributed by atoms with E-state index < -0.39 is 0 Å². The number of amides is 2. The van der Waals surface area contributed by atoms with Crippen molar-refractivity contribution in [2.45, 2.75) is 11.6 Å². The molecule has 0 aliphatic rings. The zero-order chi connectivity index (χ0) is 16.7. The molecule has 0 fully saturated rings. The molecule has 2 aromatic rings. The van der Waals surface area contributed by atoms with Gasteiger partial charge in [-0.15, -0.1) is 10.2 Å². The Balaban J connectivity index is 1.76. The van der Waals surface area contributed by atoms with Crippen LogP contribution in [0.4, 0.5) is 0 Å². The second kappa shape index (κ2) is 8.33. The summed E-state index contributed by atoms with van der Waals surface area (Å²) in [5, 5.41) is 10.7. The first-order valence-corrected chi connectivity index (χ1v) is 7.99. The van der Waals surface area contributed by atoms with E-state index in [-0.39, 0.29) is 24.1 Å². The molecule has 1 aromatic carbocycles. The van der Waals surface area contributed by atoms with Crippen LogP contribution in [0.15, 0.2) is 40.0 Å². The first kappa shape index (κ1) is 17.0. The Morgan fingerprint density at radius 1 is 1.22 bits per heavy atom. The maximum Gasteiger partial charge on any atom is 0.277 e. The second-order valence-electron chi connectivity index (χ2n) is 4.98. The fraction of sp³-hybridized carbons (Fsp3) is 0.333. The summed E-state index contributed by atoms with van der Waals surface area (Å²) in [6.07, 6.45) is 0.554. The van der Waals surface area contributed by atoms with Crippen LogP contribution in [0.2, 0.25) is 0 Å². The molecule has 8 heteroatoms. The summed E-state index contributed by atoms with van der Waals surface area (Å²) in [7, 11) is 3.27. The number of likely N-dealkylation sites (N-methyl/N-ethyl adjacent to an activating group) is 1. The second-order valence-corrected chi connectivity index (χ2v) is 5.90. The molecule has 1 aromatic heterocycles. The highest BCUT2D eigenvalue weighted by molar-refractivity contribution is 7.99. The van der Waals surface area contributed by atoms with Crippen LogP contribution in [-0.4, -0.2) is 53.3 Å². The Bertz CT molecular complexity index is 658. The number of nitrogens with zero attached hydrogens (tertiary/aromatic N) is 3. The average Bonchev–Trinajstić information content (AvgIpc) is 2.99. The third-order valence-corrected chi connectivity index (χ3v) is 3.73. The van der Waals surface area contributed by atoms with E-state index in [0.717, 1.165) is 17.3 Å². The lowest BCUT2D eigenvalue weighted by atomic mass is 10.2. The van der Waals surface area contributed by atoms with Crippen LogP contribution in [0, 0.1) is 0 Å². The number of carbonyl (C=O) groups is 2. The molecule has 7 nitrogen and oxygen atoms in total. The third-order valence-electron chi connectivity index (χ3n) is 2.91.